The van der Waals surface area contributed by atoms with Gasteiger partial charge in [0.1, 0.15) is 11.3 Å². The first-order chi connectivity index (χ1) is 12.9. The van der Waals surface area contributed by atoms with Gasteiger partial charge in [-0.05, 0) is 43.0 Å². The summed E-state index contributed by atoms with van der Waals surface area (Å²) in [6, 6.07) is 16.2. The molecular formula is C21H24N2O4. The Morgan fingerprint density at radius 3 is 2.41 bits per heavy atom. The number of aliphatic hydroxyl groups excluding tert-OH is 1. The molecule has 3 amide bonds. The van der Waals surface area contributed by atoms with E-state index in [1.54, 1.807) is 26.2 Å². The number of aliphatic hydroxyl groups is 1. The van der Waals surface area contributed by atoms with Gasteiger partial charge in [-0.25, -0.2) is 4.79 Å². The van der Waals surface area contributed by atoms with Crippen LogP contribution in [-0.2, 0) is 11.2 Å². The molecular weight excluding hydrogens is 344 g/mol. The van der Waals surface area contributed by atoms with Gasteiger partial charge in [0.15, 0.2) is 0 Å². The fourth-order valence-corrected chi connectivity index (χ4v) is 3.22. The van der Waals surface area contributed by atoms with Crippen LogP contribution in [0.3, 0.4) is 0 Å². The number of rotatable bonds is 7. The van der Waals surface area contributed by atoms with Crippen LogP contribution in [0.5, 0.6) is 5.75 Å². The first-order valence-electron chi connectivity index (χ1n) is 8.93. The molecule has 1 aliphatic rings. The smallest absolute Gasteiger partial charge is 0.325 e. The average Bonchev–Trinajstić information content (AvgIpc) is 2.91. The molecule has 2 N–H and O–H groups in total. The number of nitrogens with one attached hydrogen (secondary N) is 1. The monoisotopic (exact) mass is 368 g/mol. The van der Waals surface area contributed by atoms with E-state index in [1.807, 2.05) is 42.5 Å². The summed E-state index contributed by atoms with van der Waals surface area (Å²) in [5.41, 5.74) is 0.750. The highest BCUT2D eigenvalue weighted by atomic mass is 16.5. The van der Waals surface area contributed by atoms with Gasteiger partial charge in [-0.15, -0.1) is 0 Å². The molecule has 2 atom stereocenters. The third kappa shape index (κ3) is 4.11. The summed E-state index contributed by atoms with van der Waals surface area (Å²) in [4.78, 5) is 26.3. The topological polar surface area (TPSA) is 78.9 Å². The molecule has 0 bridgehead atoms. The van der Waals surface area contributed by atoms with Gasteiger partial charge in [-0.3, -0.25) is 9.69 Å². The molecule has 0 unspecified atom stereocenters. The number of nitrogens with zero attached hydrogens (tertiary/aromatic N) is 1. The van der Waals surface area contributed by atoms with E-state index in [9.17, 15) is 14.7 Å². The minimum atomic E-state index is -0.979. The van der Waals surface area contributed by atoms with E-state index >= 15 is 0 Å². The number of hydrogen-bond acceptors (Lipinski definition) is 4. The van der Waals surface area contributed by atoms with E-state index < -0.39 is 17.7 Å². The largest absolute Gasteiger partial charge is 0.497 e. The maximum atomic E-state index is 12.8. The Morgan fingerprint density at radius 1 is 1.11 bits per heavy atom. The van der Waals surface area contributed by atoms with Crippen LogP contribution in [0.2, 0.25) is 0 Å². The van der Waals surface area contributed by atoms with Crippen molar-refractivity contribution in [2.75, 3.05) is 13.7 Å². The van der Waals surface area contributed by atoms with Crippen molar-refractivity contribution in [3.05, 3.63) is 65.7 Å². The number of aryl methyl sites for hydroxylation is 1. The second-order valence-electron chi connectivity index (χ2n) is 6.95. The zero-order valence-corrected chi connectivity index (χ0v) is 15.5. The second-order valence-corrected chi connectivity index (χ2v) is 6.95. The molecule has 0 aromatic heterocycles. The van der Waals surface area contributed by atoms with Crippen LogP contribution in [0.1, 0.15) is 30.6 Å². The lowest BCUT2D eigenvalue weighted by Gasteiger charge is -2.22. The Morgan fingerprint density at radius 2 is 1.78 bits per heavy atom. The van der Waals surface area contributed by atoms with E-state index in [4.69, 9.17) is 4.74 Å². The van der Waals surface area contributed by atoms with Gasteiger partial charge in [0.05, 0.1) is 19.8 Å². The van der Waals surface area contributed by atoms with Crippen molar-refractivity contribution in [2.24, 2.45) is 0 Å². The molecule has 0 aliphatic carbocycles. The maximum Gasteiger partial charge on any atom is 0.325 e. The minimum Gasteiger partial charge on any atom is -0.497 e. The van der Waals surface area contributed by atoms with E-state index in [1.165, 1.54) is 0 Å². The quantitative estimate of drug-likeness (QED) is 0.737. The number of methoxy groups -OCH3 is 1. The van der Waals surface area contributed by atoms with Crippen molar-refractivity contribution >= 4 is 11.9 Å². The average molecular weight is 368 g/mol. The van der Waals surface area contributed by atoms with Gasteiger partial charge in [0.25, 0.3) is 5.91 Å². The van der Waals surface area contributed by atoms with E-state index in [0.717, 1.165) is 16.2 Å². The molecule has 1 heterocycles. The molecule has 1 saturated heterocycles. The molecule has 142 valence electrons. The summed E-state index contributed by atoms with van der Waals surface area (Å²) >= 11 is 0. The van der Waals surface area contributed by atoms with Crippen LogP contribution in [0, 0.1) is 0 Å². The minimum absolute atomic E-state index is 0.0627. The summed E-state index contributed by atoms with van der Waals surface area (Å²) in [5.74, 6) is 0.465. The molecule has 6 heteroatoms. The normalized spacial score (nSPS) is 20.5. The highest BCUT2D eigenvalue weighted by Gasteiger charge is 2.47. The predicted octanol–water partition coefficient (Wildman–Crippen LogP) is 2.67. The van der Waals surface area contributed by atoms with Crippen molar-refractivity contribution in [1.82, 2.24) is 10.2 Å². The Hall–Kier alpha value is -2.86. The van der Waals surface area contributed by atoms with Crippen LogP contribution in [0.4, 0.5) is 4.79 Å². The molecule has 27 heavy (non-hydrogen) atoms. The summed E-state index contributed by atoms with van der Waals surface area (Å²) in [6.07, 6.45) is 0.202. The first-order valence-corrected chi connectivity index (χ1v) is 8.93. The fraction of sp³-hybridized carbons (Fsp3) is 0.333. The molecule has 3 rings (SSSR count). The second kappa shape index (κ2) is 7.80. The number of amides is 3. The fourth-order valence-electron chi connectivity index (χ4n) is 3.22. The lowest BCUT2D eigenvalue weighted by molar-refractivity contribution is -0.132. The lowest BCUT2D eigenvalue weighted by Crippen LogP contribution is -2.44. The Kier molecular flexibility index (Phi) is 5.46. The number of carbonyl (C=O) groups excluding carboxylic acids is 2. The summed E-state index contributed by atoms with van der Waals surface area (Å²) in [5, 5.41) is 13.1. The van der Waals surface area contributed by atoms with E-state index in [-0.39, 0.29) is 12.5 Å². The molecule has 2 aromatic carbocycles. The number of ether oxygens (including phenoxy) is 1. The van der Waals surface area contributed by atoms with Gasteiger partial charge in [-0.2, -0.15) is 0 Å². The maximum absolute atomic E-state index is 12.8. The lowest BCUT2D eigenvalue weighted by atomic mass is 9.93. The Balaban J connectivity index is 1.64. The first kappa shape index (κ1) is 18.9. The van der Waals surface area contributed by atoms with Crippen LogP contribution in [0.25, 0.3) is 0 Å². The van der Waals surface area contributed by atoms with E-state index in [0.29, 0.717) is 18.4 Å². The number of benzene rings is 2. The highest BCUT2D eigenvalue weighted by Crippen LogP contribution is 2.26. The van der Waals surface area contributed by atoms with Gasteiger partial charge in [-0.1, -0.05) is 42.5 Å². The SMILES string of the molecule is COc1ccc(CC[C@]2(C)NC(=O)N(C[C@@H](O)c3ccccc3)C2=O)cc1. The Bertz CT molecular complexity index is 807. The van der Waals surface area contributed by atoms with Crippen molar-refractivity contribution in [2.45, 2.75) is 31.4 Å². The molecule has 0 radical (unpaired) electrons. The van der Waals surface area contributed by atoms with Crippen molar-refractivity contribution < 1.29 is 19.4 Å². The van der Waals surface area contributed by atoms with Gasteiger partial charge >= 0.3 is 6.03 Å². The van der Waals surface area contributed by atoms with E-state index in [2.05, 4.69) is 5.32 Å². The van der Waals surface area contributed by atoms with Crippen LogP contribution in [0.15, 0.2) is 54.6 Å². The van der Waals surface area contributed by atoms with Crippen molar-refractivity contribution in [3.63, 3.8) is 0 Å². The third-order valence-corrected chi connectivity index (χ3v) is 4.96. The predicted molar refractivity (Wildman–Crippen MR) is 101 cm³/mol. The number of carbonyl (C=O) groups is 2. The number of imide groups is 1. The van der Waals surface area contributed by atoms with Gasteiger partial charge < -0.3 is 15.2 Å². The van der Waals surface area contributed by atoms with Crippen LogP contribution >= 0.6 is 0 Å². The summed E-state index contributed by atoms with van der Waals surface area (Å²) < 4.78 is 5.14. The van der Waals surface area contributed by atoms with Crippen LogP contribution < -0.4 is 10.1 Å². The third-order valence-electron chi connectivity index (χ3n) is 4.96. The molecule has 0 saturated carbocycles. The summed E-state index contributed by atoms with van der Waals surface area (Å²) in [6.45, 7) is 1.67. The Labute approximate surface area is 158 Å². The van der Waals surface area contributed by atoms with Crippen molar-refractivity contribution in [1.29, 1.82) is 0 Å². The number of hydrogen-bond donors (Lipinski definition) is 2. The zero-order chi connectivity index (χ0) is 19.4. The molecule has 1 aliphatic heterocycles. The molecule has 0 spiro atoms. The molecule has 2 aromatic rings. The highest BCUT2D eigenvalue weighted by molar-refractivity contribution is 6.06. The number of β-amino-alcohol motifs (C(OH)–C–C–N with tert-alkyl or cyclic N) is 1. The molecule has 1 fully saturated rings. The van der Waals surface area contributed by atoms with Crippen LogP contribution in [-0.4, -0.2) is 41.1 Å². The van der Waals surface area contributed by atoms with Gasteiger partial charge in [0.2, 0.25) is 0 Å². The zero-order valence-electron chi connectivity index (χ0n) is 15.5. The van der Waals surface area contributed by atoms with Crippen molar-refractivity contribution in [3.8, 4) is 5.75 Å². The molecule has 6 nitrogen and oxygen atoms in total. The standard InChI is InChI=1S/C21H24N2O4/c1-21(13-12-15-8-10-17(27-2)11-9-15)19(25)23(20(26)22-21)14-18(24)16-6-4-3-5-7-16/h3-11,18,24H,12-14H2,1-2H3,(H,22,26)/t18-,21+/m1/s1. The van der Waals surface area contributed by atoms with Gasteiger partial charge in [0, 0.05) is 0 Å². The summed E-state index contributed by atoms with van der Waals surface area (Å²) in [7, 11) is 1.61. The number of urea groups is 1.